The van der Waals surface area contributed by atoms with Crippen molar-refractivity contribution in [3.63, 3.8) is 0 Å². The van der Waals surface area contributed by atoms with Gasteiger partial charge in [0.25, 0.3) is 5.78 Å². The summed E-state index contributed by atoms with van der Waals surface area (Å²) in [5.41, 5.74) is 0.765. The lowest BCUT2D eigenvalue weighted by Gasteiger charge is -2.16. The van der Waals surface area contributed by atoms with Crippen molar-refractivity contribution in [1.82, 2.24) is 5.32 Å². The minimum atomic E-state index is -0.787. The smallest absolute Gasteiger partial charge is 0.334 e. The Hall–Kier alpha value is -1.98. The van der Waals surface area contributed by atoms with Gasteiger partial charge in [0, 0.05) is 6.42 Å². The van der Waals surface area contributed by atoms with Gasteiger partial charge in [0.2, 0.25) is 5.91 Å². The molecule has 1 aliphatic heterocycles. The molecule has 1 fully saturated rings. The lowest BCUT2D eigenvalue weighted by Crippen LogP contribution is -2.35. The molecule has 31 heavy (non-hydrogen) atoms. The van der Waals surface area contributed by atoms with Gasteiger partial charge in [-0.25, -0.2) is 4.79 Å². The first-order valence-corrected chi connectivity index (χ1v) is 12.3. The van der Waals surface area contributed by atoms with E-state index >= 15 is 0 Å². The highest BCUT2D eigenvalue weighted by Gasteiger charge is 2.31. The van der Waals surface area contributed by atoms with Gasteiger partial charge in [-0.1, -0.05) is 78.1 Å². The topological polar surface area (TPSA) is 89.5 Å². The molecule has 1 saturated heterocycles. The molecular formula is C25H41NO5. The molecule has 0 aromatic rings. The molecule has 0 saturated carbocycles. The van der Waals surface area contributed by atoms with Crippen LogP contribution in [0.3, 0.4) is 0 Å². The summed E-state index contributed by atoms with van der Waals surface area (Å²) in [6.45, 7) is 4.36. The molecule has 0 radical (unpaired) electrons. The first-order chi connectivity index (χ1) is 15.0. The lowest BCUT2D eigenvalue weighted by atomic mass is 9.97. The molecule has 0 aliphatic carbocycles. The van der Waals surface area contributed by atoms with E-state index in [0.29, 0.717) is 19.3 Å². The second-order valence-corrected chi connectivity index (χ2v) is 8.53. The van der Waals surface area contributed by atoms with Crippen LogP contribution >= 0.6 is 0 Å². The number of unbranched alkanes of at least 4 members (excludes halogenated alkanes) is 10. The summed E-state index contributed by atoms with van der Waals surface area (Å²) in [7, 11) is 0. The van der Waals surface area contributed by atoms with Gasteiger partial charge in [-0.05, 0) is 37.7 Å². The number of ketones is 1. The first-order valence-electron chi connectivity index (χ1n) is 12.3. The van der Waals surface area contributed by atoms with E-state index in [1.807, 2.05) is 0 Å². The molecule has 0 aromatic carbocycles. The zero-order valence-corrected chi connectivity index (χ0v) is 19.5. The van der Waals surface area contributed by atoms with Crippen LogP contribution in [0.15, 0.2) is 11.3 Å². The molecule has 0 unspecified atom stereocenters. The minimum Gasteiger partial charge on any atom is -0.421 e. The monoisotopic (exact) mass is 435 g/mol. The van der Waals surface area contributed by atoms with Crippen molar-refractivity contribution in [2.24, 2.45) is 0 Å². The fourth-order valence-corrected chi connectivity index (χ4v) is 3.90. The van der Waals surface area contributed by atoms with E-state index in [4.69, 9.17) is 4.74 Å². The number of hydrogen-bond acceptors (Lipinski definition) is 5. The van der Waals surface area contributed by atoms with Gasteiger partial charge in [0.15, 0.2) is 12.0 Å². The Balaban J connectivity index is 2.80. The van der Waals surface area contributed by atoms with Crippen molar-refractivity contribution in [3.8, 4) is 0 Å². The average molecular weight is 436 g/mol. The van der Waals surface area contributed by atoms with E-state index in [2.05, 4.69) is 19.2 Å². The third-order valence-corrected chi connectivity index (χ3v) is 5.80. The van der Waals surface area contributed by atoms with Crippen LogP contribution in [0, 0.1) is 0 Å². The molecule has 1 heterocycles. The van der Waals surface area contributed by atoms with E-state index in [0.717, 1.165) is 44.1 Å². The number of allylic oxidation sites excluding steroid dienone is 2. The summed E-state index contributed by atoms with van der Waals surface area (Å²) < 4.78 is 5.43. The highest BCUT2D eigenvalue weighted by Crippen LogP contribution is 2.24. The van der Waals surface area contributed by atoms with Gasteiger partial charge in [0.1, 0.15) is 6.04 Å². The number of nitrogens with one attached hydrogen (secondary N) is 1. The minimum absolute atomic E-state index is 0.108. The van der Waals surface area contributed by atoms with Gasteiger partial charge in [-0.15, -0.1) is 0 Å². The highest BCUT2D eigenvalue weighted by atomic mass is 16.5. The lowest BCUT2D eigenvalue weighted by molar-refractivity contribution is -0.145. The highest BCUT2D eigenvalue weighted by molar-refractivity contribution is 6.32. The molecular weight excluding hydrogens is 394 g/mol. The molecule has 1 N–H and O–H groups in total. The Labute approximate surface area is 187 Å². The largest absolute Gasteiger partial charge is 0.421 e. The van der Waals surface area contributed by atoms with Crippen molar-refractivity contribution in [1.29, 1.82) is 0 Å². The van der Waals surface area contributed by atoms with Gasteiger partial charge >= 0.3 is 5.97 Å². The molecule has 1 rings (SSSR count). The number of ether oxygens (including phenoxy) is 1. The SMILES string of the molecule is CCCCCCCCC(CCCCCCCC)=C(OC(=O)[C@@H]1CCC(=O)N1)C(=O)C=O. The molecule has 0 aromatic heterocycles. The van der Waals surface area contributed by atoms with Crippen molar-refractivity contribution in [2.45, 2.75) is 123 Å². The molecule has 1 aliphatic rings. The number of hydrogen-bond donors (Lipinski definition) is 1. The summed E-state index contributed by atoms with van der Waals surface area (Å²) >= 11 is 0. The quantitative estimate of drug-likeness (QED) is 0.0784. The van der Waals surface area contributed by atoms with Crippen LogP contribution in [0.4, 0.5) is 0 Å². The Bertz CT molecular complexity index is 593. The molecule has 0 spiro atoms. The van der Waals surface area contributed by atoms with Crippen molar-refractivity contribution < 1.29 is 23.9 Å². The Morgan fingerprint density at radius 2 is 1.42 bits per heavy atom. The zero-order chi connectivity index (χ0) is 22.9. The third kappa shape index (κ3) is 11.3. The fourth-order valence-electron chi connectivity index (χ4n) is 3.90. The van der Waals surface area contributed by atoms with Gasteiger partial charge in [-0.3, -0.25) is 14.4 Å². The standard InChI is InChI=1S/C25H41NO5/c1-3-5-7-9-11-13-15-20(16-14-12-10-8-6-4-2)24(22(28)19-27)31-25(30)21-17-18-23(29)26-21/h19,21H,3-18H2,1-2H3,(H,26,29)/t21-/m0/s1. The summed E-state index contributed by atoms with van der Waals surface area (Å²) in [6, 6.07) is -0.744. The van der Waals surface area contributed by atoms with Crippen LogP contribution < -0.4 is 5.32 Å². The maximum absolute atomic E-state index is 12.5. The predicted octanol–water partition coefficient (Wildman–Crippen LogP) is 5.33. The first kappa shape index (κ1) is 27.1. The normalized spacial score (nSPS) is 15.4. The van der Waals surface area contributed by atoms with Crippen LogP contribution in [0.5, 0.6) is 0 Å². The zero-order valence-electron chi connectivity index (χ0n) is 19.5. The molecule has 6 heteroatoms. The second kappa shape index (κ2) is 16.7. The number of carbonyl (C=O) groups is 4. The van der Waals surface area contributed by atoms with Crippen molar-refractivity contribution >= 4 is 23.9 Å². The number of carbonyl (C=O) groups excluding carboxylic acids is 4. The van der Waals surface area contributed by atoms with Gasteiger partial charge in [0.05, 0.1) is 0 Å². The maximum Gasteiger partial charge on any atom is 0.334 e. The molecule has 6 nitrogen and oxygen atoms in total. The van der Waals surface area contributed by atoms with Crippen LogP contribution in [0.1, 0.15) is 117 Å². The number of amides is 1. The average Bonchev–Trinajstić information content (AvgIpc) is 3.21. The van der Waals surface area contributed by atoms with E-state index in [1.165, 1.54) is 38.5 Å². The van der Waals surface area contributed by atoms with Crippen LogP contribution in [0.2, 0.25) is 0 Å². The van der Waals surface area contributed by atoms with Gasteiger partial charge in [-0.2, -0.15) is 0 Å². The van der Waals surface area contributed by atoms with Crippen LogP contribution in [-0.4, -0.2) is 30.0 Å². The molecule has 1 atom stereocenters. The number of esters is 1. The van der Waals surface area contributed by atoms with Crippen LogP contribution in [-0.2, 0) is 23.9 Å². The number of rotatable bonds is 18. The van der Waals surface area contributed by atoms with E-state index in [9.17, 15) is 19.2 Å². The number of Topliss-reactive ketones (excluding diaryl/α,β-unsaturated/α-hetero) is 1. The Morgan fingerprint density at radius 1 is 0.903 bits per heavy atom. The fraction of sp³-hybridized carbons (Fsp3) is 0.760. The van der Waals surface area contributed by atoms with Crippen molar-refractivity contribution in [3.05, 3.63) is 11.3 Å². The second-order valence-electron chi connectivity index (χ2n) is 8.53. The van der Waals surface area contributed by atoms with Crippen LogP contribution in [0.25, 0.3) is 0 Å². The summed E-state index contributed by atoms with van der Waals surface area (Å²) in [4.78, 5) is 47.5. The number of aldehydes is 1. The Morgan fingerprint density at radius 3 is 1.87 bits per heavy atom. The van der Waals surface area contributed by atoms with Crippen molar-refractivity contribution in [2.75, 3.05) is 0 Å². The molecule has 176 valence electrons. The third-order valence-electron chi connectivity index (χ3n) is 5.80. The van der Waals surface area contributed by atoms with Gasteiger partial charge < -0.3 is 10.1 Å². The van der Waals surface area contributed by atoms with E-state index in [1.54, 1.807) is 0 Å². The Kier molecular flexibility index (Phi) is 14.6. The van der Waals surface area contributed by atoms with E-state index in [-0.39, 0.29) is 24.4 Å². The summed E-state index contributed by atoms with van der Waals surface area (Å²) in [6.07, 6.45) is 15.6. The predicted molar refractivity (Wildman–Crippen MR) is 121 cm³/mol. The summed E-state index contributed by atoms with van der Waals surface area (Å²) in [5, 5.41) is 2.56. The maximum atomic E-state index is 12.5. The molecule has 1 amide bonds. The molecule has 0 bridgehead atoms. The van der Waals surface area contributed by atoms with E-state index < -0.39 is 17.8 Å². The summed E-state index contributed by atoms with van der Waals surface area (Å²) in [5.74, 6) is -1.75.